The molecule has 19 heavy (non-hydrogen) atoms. The third-order valence-corrected chi connectivity index (χ3v) is 2.95. The fourth-order valence-corrected chi connectivity index (χ4v) is 2.06. The Hall–Kier alpha value is -2.42. The van der Waals surface area contributed by atoms with Gasteiger partial charge in [0.25, 0.3) is 5.91 Å². The standard InChI is InChI=1S/C10H10N4O4S/c1-2-17-10(16)5-3-4-19-9(5)12-8(15)6-7(11)14-18-13-6/h3-4H,2H2,1H3,(H2,11,14)(H,12,15). The third-order valence-electron chi connectivity index (χ3n) is 2.12. The molecule has 0 saturated heterocycles. The molecule has 0 aliphatic rings. The minimum absolute atomic E-state index is 0.119. The van der Waals surface area contributed by atoms with E-state index in [-0.39, 0.29) is 23.7 Å². The van der Waals surface area contributed by atoms with Gasteiger partial charge in [0.15, 0.2) is 0 Å². The first-order valence-corrected chi connectivity index (χ1v) is 6.15. The molecule has 9 heteroatoms. The van der Waals surface area contributed by atoms with Crippen LogP contribution in [0.5, 0.6) is 0 Å². The predicted octanol–water partition coefficient (Wildman–Crippen LogP) is 1.14. The molecule has 0 radical (unpaired) electrons. The second-order valence-electron chi connectivity index (χ2n) is 3.34. The molecule has 100 valence electrons. The average Bonchev–Trinajstić information content (AvgIpc) is 2.98. The Morgan fingerprint density at radius 3 is 2.95 bits per heavy atom. The summed E-state index contributed by atoms with van der Waals surface area (Å²) < 4.78 is 9.20. The summed E-state index contributed by atoms with van der Waals surface area (Å²) in [5.74, 6) is -1.23. The Kier molecular flexibility index (Phi) is 3.76. The van der Waals surface area contributed by atoms with E-state index in [1.807, 2.05) is 0 Å². The van der Waals surface area contributed by atoms with Crippen molar-refractivity contribution in [2.45, 2.75) is 6.92 Å². The Labute approximate surface area is 111 Å². The van der Waals surface area contributed by atoms with Crippen LogP contribution in [-0.4, -0.2) is 28.8 Å². The number of amides is 1. The maximum atomic E-state index is 11.8. The second kappa shape index (κ2) is 5.48. The van der Waals surface area contributed by atoms with Gasteiger partial charge < -0.3 is 15.8 Å². The molecule has 0 fully saturated rings. The lowest BCUT2D eigenvalue weighted by atomic mass is 10.3. The summed E-state index contributed by atoms with van der Waals surface area (Å²) in [6.45, 7) is 1.95. The molecule has 1 amide bonds. The van der Waals surface area contributed by atoms with Gasteiger partial charge in [-0.15, -0.1) is 11.3 Å². The second-order valence-corrected chi connectivity index (χ2v) is 4.25. The molecule has 0 aliphatic carbocycles. The van der Waals surface area contributed by atoms with E-state index in [1.54, 1.807) is 18.4 Å². The quantitative estimate of drug-likeness (QED) is 0.806. The SMILES string of the molecule is CCOC(=O)c1ccsc1NC(=O)c1nonc1N. The Morgan fingerprint density at radius 1 is 1.53 bits per heavy atom. The highest BCUT2D eigenvalue weighted by molar-refractivity contribution is 7.14. The molecule has 0 atom stereocenters. The lowest BCUT2D eigenvalue weighted by Gasteiger charge is -2.04. The summed E-state index contributed by atoms with van der Waals surface area (Å²) in [5.41, 5.74) is 5.54. The summed E-state index contributed by atoms with van der Waals surface area (Å²) in [6, 6.07) is 1.56. The highest BCUT2D eigenvalue weighted by Gasteiger charge is 2.20. The van der Waals surface area contributed by atoms with Crippen molar-refractivity contribution in [2.75, 3.05) is 17.7 Å². The minimum Gasteiger partial charge on any atom is -0.462 e. The molecule has 0 aromatic carbocycles. The molecule has 8 nitrogen and oxygen atoms in total. The average molecular weight is 282 g/mol. The zero-order chi connectivity index (χ0) is 13.8. The van der Waals surface area contributed by atoms with Crippen molar-refractivity contribution in [3.8, 4) is 0 Å². The van der Waals surface area contributed by atoms with Crippen LogP contribution in [0.25, 0.3) is 0 Å². The minimum atomic E-state index is -0.605. The summed E-state index contributed by atoms with van der Waals surface area (Å²) >= 11 is 1.18. The van der Waals surface area contributed by atoms with Crippen LogP contribution in [-0.2, 0) is 4.74 Å². The largest absolute Gasteiger partial charge is 0.462 e. The van der Waals surface area contributed by atoms with Gasteiger partial charge >= 0.3 is 5.97 Å². The highest BCUT2D eigenvalue weighted by atomic mass is 32.1. The molecular weight excluding hydrogens is 272 g/mol. The van der Waals surface area contributed by atoms with E-state index in [1.165, 1.54) is 11.3 Å². The van der Waals surface area contributed by atoms with E-state index in [0.29, 0.717) is 5.00 Å². The summed E-state index contributed by atoms with van der Waals surface area (Å²) in [7, 11) is 0. The first-order valence-electron chi connectivity index (χ1n) is 5.27. The number of carbonyl (C=O) groups is 2. The number of rotatable bonds is 4. The summed E-state index contributed by atoms with van der Waals surface area (Å²) in [6.07, 6.45) is 0. The lowest BCUT2D eigenvalue weighted by molar-refractivity contribution is 0.0528. The number of nitrogens with zero attached hydrogens (tertiary/aromatic N) is 2. The first-order chi connectivity index (χ1) is 9.13. The topological polar surface area (TPSA) is 120 Å². The van der Waals surface area contributed by atoms with Gasteiger partial charge in [-0.25, -0.2) is 9.42 Å². The van der Waals surface area contributed by atoms with Gasteiger partial charge in [-0.1, -0.05) is 0 Å². The van der Waals surface area contributed by atoms with Crippen LogP contribution in [0.1, 0.15) is 27.8 Å². The number of hydrogen-bond acceptors (Lipinski definition) is 8. The number of nitrogens with two attached hydrogens (primary N) is 1. The summed E-state index contributed by atoms with van der Waals surface area (Å²) in [5, 5.41) is 11.2. The molecule has 2 heterocycles. The van der Waals surface area contributed by atoms with E-state index < -0.39 is 11.9 Å². The predicted molar refractivity (Wildman–Crippen MR) is 66.9 cm³/mol. The number of esters is 1. The molecule has 2 rings (SSSR count). The molecule has 0 saturated carbocycles. The number of thiophene rings is 1. The van der Waals surface area contributed by atoms with Crippen LogP contribution in [0, 0.1) is 0 Å². The first kappa shape index (κ1) is 13.0. The fourth-order valence-electron chi connectivity index (χ4n) is 1.29. The number of aromatic nitrogens is 2. The number of nitrogens with one attached hydrogen (secondary N) is 1. The highest BCUT2D eigenvalue weighted by Crippen LogP contribution is 2.24. The zero-order valence-corrected chi connectivity index (χ0v) is 10.7. The third kappa shape index (κ3) is 2.71. The Morgan fingerprint density at radius 2 is 2.32 bits per heavy atom. The van der Waals surface area contributed by atoms with Crippen LogP contribution in [0.3, 0.4) is 0 Å². The van der Waals surface area contributed by atoms with Crippen molar-refractivity contribution in [3.63, 3.8) is 0 Å². The number of anilines is 2. The molecular formula is C10H10N4O4S. The number of ether oxygens (including phenoxy) is 1. The van der Waals surface area contributed by atoms with Crippen molar-refractivity contribution in [2.24, 2.45) is 0 Å². The van der Waals surface area contributed by atoms with Crippen LogP contribution in [0.15, 0.2) is 16.1 Å². The Bertz CT molecular complexity index is 606. The van der Waals surface area contributed by atoms with E-state index in [4.69, 9.17) is 10.5 Å². The number of hydrogen-bond donors (Lipinski definition) is 2. The fraction of sp³-hybridized carbons (Fsp3) is 0.200. The van der Waals surface area contributed by atoms with Gasteiger partial charge in [0, 0.05) is 0 Å². The molecule has 0 spiro atoms. The van der Waals surface area contributed by atoms with Gasteiger partial charge in [0.1, 0.15) is 5.00 Å². The molecule has 0 bridgehead atoms. The monoisotopic (exact) mass is 282 g/mol. The molecule has 3 N–H and O–H groups in total. The smallest absolute Gasteiger partial charge is 0.341 e. The van der Waals surface area contributed by atoms with E-state index in [0.717, 1.165) is 0 Å². The molecule has 0 aliphatic heterocycles. The van der Waals surface area contributed by atoms with Crippen LogP contribution < -0.4 is 11.1 Å². The van der Waals surface area contributed by atoms with Crippen molar-refractivity contribution < 1.29 is 19.0 Å². The van der Waals surface area contributed by atoms with Crippen molar-refractivity contribution >= 4 is 34.0 Å². The van der Waals surface area contributed by atoms with Gasteiger partial charge in [-0.3, -0.25) is 4.79 Å². The van der Waals surface area contributed by atoms with Gasteiger partial charge in [-0.2, -0.15) is 0 Å². The normalized spacial score (nSPS) is 10.2. The van der Waals surface area contributed by atoms with Crippen molar-refractivity contribution in [1.29, 1.82) is 0 Å². The van der Waals surface area contributed by atoms with Crippen LogP contribution >= 0.6 is 11.3 Å². The molecule has 2 aromatic rings. The summed E-state index contributed by atoms with van der Waals surface area (Å²) in [4.78, 5) is 23.5. The number of nitrogen functional groups attached to an aromatic ring is 1. The van der Waals surface area contributed by atoms with E-state index in [9.17, 15) is 9.59 Å². The van der Waals surface area contributed by atoms with Crippen LogP contribution in [0.4, 0.5) is 10.8 Å². The van der Waals surface area contributed by atoms with Gasteiger partial charge in [0.05, 0.1) is 12.2 Å². The van der Waals surface area contributed by atoms with E-state index >= 15 is 0 Å². The Balaban J connectivity index is 2.16. The van der Waals surface area contributed by atoms with Crippen molar-refractivity contribution in [1.82, 2.24) is 10.3 Å². The van der Waals surface area contributed by atoms with E-state index in [2.05, 4.69) is 20.3 Å². The van der Waals surface area contributed by atoms with Gasteiger partial charge in [-0.05, 0) is 28.7 Å². The molecule has 0 unspecified atom stereocenters. The lowest BCUT2D eigenvalue weighted by Crippen LogP contribution is -2.16. The van der Waals surface area contributed by atoms with Crippen LogP contribution in [0.2, 0.25) is 0 Å². The number of carbonyl (C=O) groups excluding carboxylic acids is 2. The molecule has 2 aromatic heterocycles. The zero-order valence-electron chi connectivity index (χ0n) is 9.87. The van der Waals surface area contributed by atoms with Crippen molar-refractivity contribution in [3.05, 3.63) is 22.7 Å². The maximum absolute atomic E-state index is 11.8. The van der Waals surface area contributed by atoms with Gasteiger partial charge in [0.2, 0.25) is 11.5 Å². The maximum Gasteiger partial charge on any atom is 0.341 e.